The molecule has 15 heavy (non-hydrogen) atoms. The molecule has 0 amide bonds. The number of aryl methyl sites for hydroxylation is 1. The predicted molar refractivity (Wildman–Crippen MR) is 50.3 cm³/mol. The van der Waals surface area contributed by atoms with E-state index < -0.39 is 12.6 Å². The number of alkyl halides is 3. The van der Waals surface area contributed by atoms with E-state index in [0.717, 1.165) is 0 Å². The number of aromatic nitrogens is 2. The smallest absolute Gasteiger partial charge is 0.384 e. The van der Waals surface area contributed by atoms with Gasteiger partial charge in [0.05, 0.1) is 6.42 Å². The number of nitrogens with zero attached hydrogens (tertiary/aromatic N) is 2. The highest BCUT2D eigenvalue weighted by molar-refractivity contribution is 5.44. The topological polar surface area (TPSA) is 63.8 Å². The van der Waals surface area contributed by atoms with Crippen molar-refractivity contribution in [3.63, 3.8) is 0 Å². The van der Waals surface area contributed by atoms with Crippen molar-refractivity contribution in [2.45, 2.75) is 19.5 Å². The van der Waals surface area contributed by atoms with Gasteiger partial charge in [0.25, 0.3) is 0 Å². The van der Waals surface area contributed by atoms with Crippen molar-refractivity contribution in [3.05, 3.63) is 11.9 Å². The maximum absolute atomic E-state index is 11.8. The number of nitrogens with one attached hydrogen (secondary N) is 1. The van der Waals surface area contributed by atoms with Gasteiger partial charge in [0.2, 0.25) is 0 Å². The quantitative estimate of drug-likeness (QED) is 0.814. The Labute approximate surface area is 84.7 Å². The van der Waals surface area contributed by atoms with Gasteiger partial charge in [-0.15, -0.1) is 0 Å². The van der Waals surface area contributed by atoms with Crippen molar-refractivity contribution in [2.75, 3.05) is 17.6 Å². The summed E-state index contributed by atoms with van der Waals surface area (Å²) < 4.78 is 35.5. The molecule has 84 valence electrons. The van der Waals surface area contributed by atoms with Crippen molar-refractivity contribution in [3.8, 4) is 0 Å². The van der Waals surface area contributed by atoms with Gasteiger partial charge in [0.15, 0.2) is 0 Å². The summed E-state index contributed by atoms with van der Waals surface area (Å²) in [7, 11) is 0. The van der Waals surface area contributed by atoms with Crippen LogP contribution in [-0.2, 0) is 0 Å². The lowest BCUT2D eigenvalue weighted by Crippen LogP contribution is -2.15. The first-order valence-electron chi connectivity index (χ1n) is 4.28. The van der Waals surface area contributed by atoms with Crippen LogP contribution in [0.3, 0.4) is 0 Å². The Hall–Kier alpha value is -1.53. The average molecular weight is 220 g/mol. The molecule has 1 heterocycles. The highest BCUT2D eigenvalue weighted by atomic mass is 19.4. The minimum atomic E-state index is -4.17. The lowest BCUT2D eigenvalue weighted by atomic mass is 10.4. The first kappa shape index (κ1) is 11.5. The minimum absolute atomic E-state index is 0.223. The molecular weight excluding hydrogens is 209 g/mol. The molecule has 1 aromatic heterocycles. The molecule has 0 aliphatic carbocycles. The van der Waals surface area contributed by atoms with Crippen LogP contribution in [-0.4, -0.2) is 22.7 Å². The molecule has 0 aromatic carbocycles. The molecule has 4 nitrogen and oxygen atoms in total. The van der Waals surface area contributed by atoms with Crippen molar-refractivity contribution < 1.29 is 13.2 Å². The average Bonchev–Trinajstić information content (AvgIpc) is 1.99. The van der Waals surface area contributed by atoms with Gasteiger partial charge in [-0.2, -0.15) is 13.2 Å². The molecule has 3 N–H and O–H groups in total. The van der Waals surface area contributed by atoms with E-state index in [4.69, 9.17) is 5.73 Å². The maximum atomic E-state index is 11.8. The Morgan fingerprint density at radius 2 is 2.07 bits per heavy atom. The zero-order valence-corrected chi connectivity index (χ0v) is 8.10. The van der Waals surface area contributed by atoms with E-state index in [1.165, 1.54) is 6.07 Å². The molecule has 0 aliphatic heterocycles. The molecule has 7 heteroatoms. The maximum Gasteiger partial charge on any atom is 0.390 e. The van der Waals surface area contributed by atoms with Gasteiger partial charge in [0.1, 0.15) is 17.5 Å². The number of halogens is 3. The number of nitrogen functional groups attached to an aromatic ring is 1. The Balaban J connectivity index is 2.51. The number of hydrogen-bond acceptors (Lipinski definition) is 4. The molecule has 0 atom stereocenters. The lowest BCUT2D eigenvalue weighted by Gasteiger charge is -2.08. The van der Waals surface area contributed by atoms with Gasteiger partial charge < -0.3 is 11.1 Å². The fourth-order valence-electron chi connectivity index (χ4n) is 1.01. The van der Waals surface area contributed by atoms with E-state index in [2.05, 4.69) is 15.3 Å². The van der Waals surface area contributed by atoms with E-state index in [1.807, 2.05) is 0 Å². The summed E-state index contributed by atoms with van der Waals surface area (Å²) in [5, 5.41) is 2.53. The van der Waals surface area contributed by atoms with Crippen LogP contribution in [0, 0.1) is 6.92 Å². The third-order valence-electron chi connectivity index (χ3n) is 1.57. The molecular formula is C8H11F3N4. The largest absolute Gasteiger partial charge is 0.390 e. The minimum Gasteiger partial charge on any atom is -0.384 e. The molecule has 0 fully saturated rings. The Morgan fingerprint density at radius 3 is 2.60 bits per heavy atom. The third-order valence-corrected chi connectivity index (χ3v) is 1.57. The summed E-state index contributed by atoms with van der Waals surface area (Å²) in [5.41, 5.74) is 5.40. The van der Waals surface area contributed by atoms with Crippen LogP contribution in [0.15, 0.2) is 6.07 Å². The summed E-state index contributed by atoms with van der Waals surface area (Å²) >= 11 is 0. The number of hydrogen-bond donors (Lipinski definition) is 2. The fourth-order valence-corrected chi connectivity index (χ4v) is 1.01. The van der Waals surface area contributed by atoms with Crippen LogP contribution in [0.5, 0.6) is 0 Å². The van der Waals surface area contributed by atoms with E-state index in [0.29, 0.717) is 11.6 Å². The SMILES string of the molecule is Cc1nc(N)cc(NCCC(F)(F)F)n1. The summed E-state index contributed by atoms with van der Waals surface area (Å²) in [4.78, 5) is 7.68. The first-order valence-corrected chi connectivity index (χ1v) is 4.28. The predicted octanol–water partition coefficient (Wildman–Crippen LogP) is 1.73. The van der Waals surface area contributed by atoms with Crippen LogP contribution in [0.4, 0.5) is 24.8 Å². The lowest BCUT2D eigenvalue weighted by molar-refractivity contribution is -0.131. The van der Waals surface area contributed by atoms with Gasteiger partial charge in [-0.3, -0.25) is 0 Å². The van der Waals surface area contributed by atoms with Crippen molar-refractivity contribution in [1.29, 1.82) is 0 Å². The van der Waals surface area contributed by atoms with Gasteiger partial charge >= 0.3 is 6.18 Å². The van der Waals surface area contributed by atoms with E-state index >= 15 is 0 Å². The highest BCUT2D eigenvalue weighted by Gasteiger charge is 2.26. The second-order valence-corrected chi connectivity index (χ2v) is 3.02. The van der Waals surface area contributed by atoms with E-state index in [1.54, 1.807) is 6.92 Å². The molecule has 0 spiro atoms. The molecule has 0 radical (unpaired) electrons. The molecule has 0 unspecified atom stereocenters. The molecule has 0 bridgehead atoms. The van der Waals surface area contributed by atoms with Crippen LogP contribution in [0.1, 0.15) is 12.2 Å². The summed E-state index contributed by atoms with van der Waals surface area (Å²) in [5.74, 6) is 0.964. The van der Waals surface area contributed by atoms with Crippen molar-refractivity contribution in [2.24, 2.45) is 0 Å². The Morgan fingerprint density at radius 1 is 1.40 bits per heavy atom. The van der Waals surface area contributed by atoms with Crippen LogP contribution in [0.2, 0.25) is 0 Å². The number of anilines is 2. The molecule has 0 aliphatic rings. The molecule has 1 aromatic rings. The molecule has 0 saturated heterocycles. The monoisotopic (exact) mass is 220 g/mol. The Kier molecular flexibility index (Phi) is 3.33. The molecule has 0 saturated carbocycles. The second-order valence-electron chi connectivity index (χ2n) is 3.02. The van der Waals surface area contributed by atoms with Gasteiger partial charge in [0, 0.05) is 12.6 Å². The summed E-state index contributed by atoms with van der Waals surface area (Å²) in [6, 6.07) is 1.39. The van der Waals surface area contributed by atoms with Gasteiger partial charge in [-0.05, 0) is 6.92 Å². The Bertz CT molecular complexity index is 317. The van der Waals surface area contributed by atoms with Crippen molar-refractivity contribution in [1.82, 2.24) is 9.97 Å². The molecule has 1 rings (SSSR count). The second kappa shape index (κ2) is 4.33. The number of rotatable bonds is 3. The third kappa shape index (κ3) is 4.48. The van der Waals surface area contributed by atoms with Crippen LogP contribution < -0.4 is 11.1 Å². The van der Waals surface area contributed by atoms with E-state index in [9.17, 15) is 13.2 Å². The summed E-state index contributed by atoms with van der Waals surface area (Å²) in [6.45, 7) is 1.39. The van der Waals surface area contributed by atoms with Crippen LogP contribution >= 0.6 is 0 Å². The van der Waals surface area contributed by atoms with Gasteiger partial charge in [-0.25, -0.2) is 9.97 Å². The zero-order chi connectivity index (χ0) is 11.5. The highest BCUT2D eigenvalue weighted by Crippen LogP contribution is 2.19. The number of nitrogens with two attached hydrogens (primary N) is 1. The summed E-state index contributed by atoms with van der Waals surface area (Å²) in [6.07, 6.45) is -5.07. The van der Waals surface area contributed by atoms with Crippen LogP contribution in [0.25, 0.3) is 0 Å². The first-order chi connectivity index (χ1) is 6.87. The van der Waals surface area contributed by atoms with Gasteiger partial charge in [-0.1, -0.05) is 0 Å². The normalized spacial score (nSPS) is 11.5. The standard InChI is InChI=1S/C8H11F3N4/c1-5-14-6(12)4-7(15-5)13-3-2-8(9,10)11/h4H,2-3H2,1H3,(H3,12,13,14,15). The van der Waals surface area contributed by atoms with E-state index in [-0.39, 0.29) is 12.4 Å². The zero-order valence-electron chi connectivity index (χ0n) is 8.10. The fraction of sp³-hybridized carbons (Fsp3) is 0.500. The van der Waals surface area contributed by atoms with Crippen molar-refractivity contribution >= 4 is 11.6 Å².